The molecule has 124 valence electrons. The van der Waals surface area contributed by atoms with Crippen LogP contribution in [0.15, 0.2) is 51.9 Å². The van der Waals surface area contributed by atoms with Crippen molar-refractivity contribution >= 4 is 51.0 Å². The predicted octanol–water partition coefficient (Wildman–Crippen LogP) is 3.40. The van der Waals surface area contributed by atoms with Gasteiger partial charge in [-0.15, -0.1) is 11.3 Å². The van der Waals surface area contributed by atoms with Gasteiger partial charge in [0.1, 0.15) is 4.88 Å². The maximum Gasteiger partial charge on any atom is 0.279 e. The van der Waals surface area contributed by atoms with Crippen LogP contribution in [0.1, 0.15) is 10.4 Å². The number of nitrogens with zero attached hydrogens (tertiary/aromatic N) is 2. The van der Waals surface area contributed by atoms with Gasteiger partial charge in [-0.2, -0.15) is 0 Å². The molecule has 1 aliphatic heterocycles. The monoisotopic (exact) mass is 430 g/mol. The Labute approximate surface area is 160 Å². The van der Waals surface area contributed by atoms with Gasteiger partial charge in [-0.1, -0.05) is 34.1 Å². The predicted molar refractivity (Wildman–Crippen MR) is 103 cm³/mol. The lowest BCUT2D eigenvalue weighted by Crippen LogP contribution is -2.22. The molecule has 0 saturated heterocycles. The fourth-order valence-corrected chi connectivity index (χ4v) is 4.59. The summed E-state index contributed by atoms with van der Waals surface area (Å²) in [4.78, 5) is 17.0. The van der Waals surface area contributed by atoms with Crippen LogP contribution in [-0.2, 0) is 4.79 Å². The molecule has 0 saturated carbocycles. The fourth-order valence-electron chi connectivity index (χ4n) is 2.86. The van der Waals surface area contributed by atoms with Crippen molar-refractivity contribution in [3.8, 4) is 11.6 Å². The van der Waals surface area contributed by atoms with Gasteiger partial charge in [0.2, 0.25) is 5.88 Å². The lowest BCUT2D eigenvalue weighted by atomic mass is 10.1. The minimum atomic E-state index is -0.364. The Balaban J connectivity index is 2.04. The first-order valence-corrected chi connectivity index (χ1v) is 9.43. The van der Waals surface area contributed by atoms with E-state index in [1.165, 1.54) is 11.3 Å². The molecule has 0 fully saturated rings. The molecule has 2 heterocycles. The van der Waals surface area contributed by atoms with Gasteiger partial charge in [0.05, 0.1) is 16.6 Å². The number of thiazole rings is 1. The molecule has 0 unspecified atom stereocenters. The zero-order chi connectivity index (χ0) is 17.7. The number of hydrogen-bond acceptors (Lipinski definition) is 4. The third-order valence-electron chi connectivity index (χ3n) is 4.03. The second kappa shape index (κ2) is 6.01. The van der Waals surface area contributed by atoms with Crippen molar-refractivity contribution in [1.29, 1.82) is 0 Å². The Kier molecular flexibility index (Phi) is 3.94. The number of rotatable bonds is 2. The quantitative estimate of drug-likeness (QED) is 0.633. The van der Waals surface area contributed by atoms with Crippen LogP contribution >= 0.6 is 39.5 Å². The molecule has 25 heavy (non-hydrogen) atoms. The minimum absolute atomic E-state index is 0.0318. The highest BCUT2D eigenvalue weighted by molar-refractivity contribution is 9.10. The normalized spacial score (nSPS) is 13.0. The summed E-state index contributed by atoms with van der Waals surface area (Å²) >= 11 is 10.1. The van der Waals surface area contributed by atoms with E-state index in [9.17, 15) is 9.90 Å². The molecule has 1 aliphatic rings. The average Bonchev–Trinajstić information content (AvgIpc) is 3.03. The van der Waals surface area contributed by atoms with E-state index in [1.807, 2.05) is 43.3 Å². The highest BCUT2D eigenvalue weighted by Gasteiger charge is 2.26. The van der Waals surface area contributed by atoms with Crippen LogP contribution in [0.3, 0.4) is 0 Å². The second-order valence-electron chi connectivity index (χ2n) is 5.60. The van der Waals surface area contributed by atoms with Gasteiger partial charge < -0.3 is 5.11 Å². The number of para-hydroxylation sites is 1. The minimum Gasteiger partial charge on any atom is -0.493 e. The van der Waals surface area contributed by atoms with Crippen molar-refractivity contribution in [2.75, 3.05) is 0 Å². The molecular weight excluding hydrogens is 420 g/mol. The third-order valence-corrected chi connectivity index (χ3v) is 5.91. The number of amides is 1. The maximum atomic E-state index is 12.5. The molecule has 4 rings (SSSR count). The van der Waals surface area contributed by atoms with E-state index < -0.39 is 0 Å². The van der Waals surface area contributed by atoms with Gasteiger partial charge >= 0.3 is 0 Å². The van der Waals surface area contributed by atoms with Crippen molar-refractivity contribution in [2.24, 2.45) is 4.99 Å². The average molecular weight is 431 g/mol. The first kappa shape index (κ1) is 16.4. The SMILES string of the molecule is Cc1ccccc1-n1c(O)c(C2=c3cc(Br)ccc3=NC2=O)sc1=S. The molecular formula is C18H11BrN2O2S2. The van der Waals surface area contributed by atoms with Crippen LogP contribution < -0.4 is 10.6 Å². The molecule has 0 spiro atoms. The van der Waals surface area contributed by atoms with Gasteiger partial charge in [-0.05, 0) is 49.0 Å². The Bertz CT molecular complexity index is 1220. The number of carbonyl (C=O) groups is 1. The number of aromatic hydroxyl groups is 1. The first-order chi connectivity index (χ1) is 12.0. The molecule has 1 amide bonds. The molecule has 2 aromatic carbocycles. The smallest absolute Gasteiger partial charge is 0.279 e. The number of aromatic nitrogens is 1. The molecule has 0 bridgehead atoms. The van der Waals surface area contributed by atoms with Crippen molar-refractivity contribution in [3.63, 3.8) is 0 Å². The highest BCUT2D eigenvalue weighted by Crippen LogP contribution is 2.35. The zero-order valence-electron chi connectivity index (χ0n) is 13.0. The van der Waals surface area contributed by atoms with E-state index in [0.29, 0.717) is 25.0 Å². The highest BCUT2D eigenvalue weighted by atomic mass is 79.9. The summed E-state index contributed by atoms with van der Waals surface area (Å²) in [5, 5.41) is 12.1. The van der Waals surface area contributed by atoms with Crippen LogP contribution in [0.2, 0.25) is 0 Å². The first-order valence-electron chi connectivity index (χ1n) is 7.41. The van der Waals surface area contributed by atoms with Crippen LogP contribution in [0.25, 0.3) is 11.3 Å². The van der Waals surface area contributed by atoms with Crippen LogP contribution in [0.5, 0.6) is 5.88 Å². The van der Waals surface area contributed by atoms with E-state index in [1.54, 1.807) is 10.6 Å². The second-order valence-corrected chi connectivity index (χ2v) is 8.16. The fraction of sp³-hybridized carbons (Fsp3) is 0.0556. The topological polar surface area (TPSA) is 54.6 Å². The molecule has 1 N–H and O–H groups in total. The molecule has 0 atom stereocenters. The van der Waals surface area contributed by atoms with E-state index in [-0.39, 0.29) is 11.8 Å². The number of hydrogen-bond donors (Lipinski definition) is 1. The number of benzene rings is 2. The van der Waals surface area contributed by atoms with Gasteiger partial charge in [0, 0.05) is 9.69 Å². The standard InChI is InChI=1S/C18H11BrN2O2S2/c1-9-4-2-3-5-13(9)21-17(23)15(25-18(21)24)14-11-8-10(19)6-7-12(11)20-16(14)22/h2-8,23H,1H3. The van der Waals surface area contributed by atoms with E-state index in [4.69, 9.17) is 12.2 Å². The van der Waals surface area contributed by atoms with Crippen molar-refractivity contribution < 1.29 is 9.90 Å². The lowest BCUT2D eigenvalue weighted by Gasteiger charge is -2.08. The summed E-state index contributed by atoms with van der Waals surface area (Å²) in [6, 6.07) is 13.1. The summed E-state index contributed by atoms with van der Waals surface area (Å²) < 4.78 is 2.92. The Morgan fingerprint density at radius 1 is 1.24 bits per heavy atom. The van der Waals surface area contributed by atoms with Gasteiger partial charge in [0.15, 0.2) is 3.95 Å². The van der Waals surface area contributed by atoms with Crippen molar-refractivity contribution in [1.82, 2.24) is 4.57 Å². The lowest BCUT2D eigenvalue weighted by molar-refractivity contribution is -0.112. The zero-order valence-corrected chi connectivity index (χ0v) is 16.2. The van der Waals surface area contributed by atoms with Crippen LogP contribution in [-0.4, -0.2) is 15.6 Å². The largest absolute Gasteiger partial charge is 0.493 e. The Morgan fingerprint density at radius 3 is 2.76 bits per heavy atom. The van der Waals surface area contributed by atoms with Crippen molar-refractivity contribution in [3.05, 3.63) is 71.9 Å². The molecule has 0 radical (unpaired) electrons. The number of halogens is 1. The molecule has 0 aliphatic carbocycles. The Hall–Kier alpha value is -2.09. The summed E-state index contributed by atoms with van der Waals surface area (Å²) in [6.45, 7) is 1.95. The molecule has 7 heteroatoms. The number of fused-ring (bicyclic) bond motifs is 1. The Morgan fingerprint density at radius 2 is 2.00 bits per heavy atom. The van der Waals surface area contributed by atoms with Gasteiger partial charge in [-0.3, -0.25) is 9.36 Å². The van der Waals surface area contributed by atoms with Crippen LogP contribution in [0, 0.1) is 10.9 Å². The van der Waals surface area contributed by atoms with E-state index >= 15 is 0 Å². The molecule has 3 aromatic rings. The summed E-state index contributed by atoms with van der Waals surface area (Å²) in [5.41, 5.74) is 2.16. The van der Waals surface area contributed by atoms with E-state index in [2.05, 4.69) is 20.9 Å². The third kappa shape index (κ3) is 2.59. The number of carbonyl (C=O) groups excluding carboxylic acids is 1. The molecule has 1 aromatic heterocycles. The van der Waals surface area contributed by atoms with Gasteiger partial charge in [-0.25, -0.2) is 4.99 Å². The maximum absolute atomic E-state index is 12.5. The summed E-state index contributed by atoms with van der Waals surface area (Å²) in [7, 11) is 0. The summed E-state index contributed by atoms with van der Waals surface area (Å²) in [5.74, 6) is -0.396. The van der Waals surface area contributed by atoms with Gasteiger partial charge in [0.25, 0.3) is 5.91 Å². The van der Waals surface area contributed by atoms with Crippen molar-refractivity contribution in [2.45, 2.75) is 6.92 Å². The number of aryl methyl sites for hydroxylation is 1. The van der Waals surface area contributed by atoms with E-state index in [0.717, 1.165) is 15.7 Å². The molecule has 4 nitrogen and oxygen atoms in total. The van der Waals surface area contributed by atoms with Crippen LogP contribution in [0.4, 0.5) is 0 Å². The summed E-state index contributed by atoms with van der Waals surface area (Å²) in [6.07, 6.45) is 0.